The number of Topliss-reactive ketones (excluding diaryl/α,β-unsaturated/α-hetero) is 1. The van der Waals surface area contributed by atoms with Gasteiger partial charge in [0, 0.05) is 25.9 Å². The van der Waals surface area contributed by atoms with Gasteiger partial charge in [-0.05, 0) is 0 Å². The smallest absolute Gasteiger partial charge is 0.275 e. The number of benzene rings is 1. The van der Waals surface area contributed by atoms with Gasteiger partial charge < -0.3 is 4.90 Å². The van der Waals surface area contributed by atoms with Crippen LogP contribution < -0.4 is 4.90 Å². The second-order valence-electron chi connectivity index (χ2n) is 4.29. The zero-order valence-electron chi connectivity index (χ0n) is 11.1. The molecule has 1 heterocycles. The molecule has 0 atom stereocenters. The van der Waals surface area contributed by atoms with Gasteiger partial charge in [-0.25, -0.2) is 8.78 Å². The molecule has 0 saturated carbocycles. The molecule has 1 fully saturated rings. The predicted octanol–water partition coefficient (Wildman–Crippen LogP) is 4.03. The van der Waals surface area contributed by atoms with Crippen molar-refractivity contribution < 1.29 is 18.5 Å². The van der Waals surface area contributed by atoms with Crippen molar-refractivity contribution in [2.45, 2.75) is 17.1 Å². The Morgan fingerprint density at radius 2 is 1.55 bits per heavy atom. The first-order chi connectivity index (χ1) is 10.2. The predicted molar refractivity (Wildman–Crippen MR) is 80.8 cm³/mol. The number of non-ortho nitro benzene ring substituents is 1. The molecule has 1 aliphatic rings. The molecule has 0 N–H and O–H groups in total. The van der Waals surface area contributed by atoms with Gasteiger partial charge in [0.1, 0.15) is 11.5 Å². The molecule has 1 aliphatic heterocycles. The monoisotopic (exact) mass is 374 g/mol. The maximum atomic E-state index is 13.7. The fraction of sp³-hybridized carbons (Fsp3) is 0.417. The number of hydrogen-bond acceptors (Lipinski definition) is 4. The van der Waals surface area contributed by atoms with Crippen LogP contribution in [0.15, 0.2) is 12.1 Å². The molecule has 0 radical (unpaired) electrons. The molecule has 122 valence electrons. The molecule has 0 bridgehead atoms. The molecule has 0 spiro atoms. The number of nitro benzene ring substituents is 1. The summed E-state index contributed by atoms with van der Waals surface area (Å²) < 4.78 is 26.6. The second-order valence-corrected chi connectivity index (χ2v) is 6.27. The molecule has 2 rings (SSSR count). The number of halogens is 5. The van der Waals surface area contributed by atoms with Crippen LogP contribution in [0.3, 0.4) is 0 Å². The Balaban J connectivity index is 0.000000541. The lowest BCUT2D eigenvalue weighted by Crippen LogP contribution is -2.35. The van der Waals surface area contributed by atoms with Crippen LogP contribution in [0.5, 0.6) is 0 Å². The Bertz CT molecular complexity index is 537. The van der Waals surface area contributed by atoms with Crippen LogP contribution in [0.2, 0.25) is 0 Å². The highest BCUT2D eigenvalue weighted by Crippen LogP contribution is 2.29. The minimum atomic E-state index is -0.976. The van der Waals surface area contributed by atoms with E-state index in [1.807, 2.05) is 0 Å². The fourth-order valence-electron chi connectivity index (χ4n) is 1.94. The van der Waals surface area contributed by atoms with Crippen LogP contribution in [0.25, 0.3) is 0 Å². The quantitative estimate of drug-likeness (QED) is 0.445. The standard InChI is InChI=1S/C11H10F2N2O3.CHCl3/c12-9-5-7(15(17)18)6-10(13)11(9)14-3-1-8(16)2-4-14;2-1(3)4/h5-6H,1-4H2;1H. The normalized spacial score (nSPS) is 14.6. The molecule has 10 heteroatoms. The van der Waals surface area contributed by atoms with E-state index < -0.39 is 26.5 Å². The van der Waals surface area contributed by atoms with Gasteiger partial charge in [0.15, 0.2) is 15.9 Å². The second kappa shape index (κ2) is 8.45. The first-order valence-electron chi connectivity index (χ1n) is 6.04. The third-order valence-electron chi connectivity index (χ3n) is 2.85. The minimum Gasteiger partial charge on any atom is -0.366 e. The molecule has 0 aromatic heterocycles. The summed E-state index contributed by atoms with van der Waals surface area (Å²) in [6, 6.07) is 1.38. The van der Waals surface area contributed by atoms with Crippen molar-refractivity contribution in [3.8, 4) is 0 Å². The summed E-state index contributed by atoms with van der Waals surface area (Å²) in [6.45, 7) is 0.453. The van der Waals surface area contributed by atoms with E-state index >= 15 is 0 Å². The summed E-state index contributed by atoms with van der Waals surface area (Å²) in [5.74, 6) is -1.90. The molecule has 1 aromatic carbocycles. The van der Waals surface area contributed by atoms with Gasteiger partial charge in [-0.3, -0.25) is 14.9 Å². The van der Waals surface area contributed by atoms with E-state index in [0.717, 1.165) is 0 Å². The lowest BCUT2D eigenvalue weighted by molar-refractivity contribution is -0.385. The van der Waals surface area contributed by atoms with Crippen LogP contribution in [0.1, 0.15) is 12.8 Å². The van der Waals surface area contributed by atoms with Crippen LogP contribution in [-0.4, -0.2) is 28.1 Å². The van der Waals surface area contributed by atoms with E-state index in [2.05, 4.69) is 0 Å². The van der Waals surface area contributed by atoms with Crippen molar-refractivity contribution in [1.29, 1.82) is 0 Å². The van der Waals surface area contributed by atoms with E-state index in [0.29, 0.717) is 12.1 Å². The van der Waals surface area contributed by atoms with E-state index in [9.17, 15) is 23.7 Å². The van der Waals surface area contributed by atoms with E-state index in [4.69, 9.17) is 34.8 Å². The molecule has 0 unspecified atom stereocenters. The Hall–Kier alpha value is -1.18. The number of ketones is 1. The Morgan fingerprint density at radius 3 is 1.91 bits per heavy atom. The molecule has 5 nitrogen and oxygen atoms in total. The van der Waals surface area contributed by atoms with Gasteiger partial charge in [0.2, 0.25) is 0 Å². The SMILES string of the molecule is ClC(Cl)Cl.O=C1CCN(c2c(F)cc([N+](=O)[O-])cc2F)CC1. The van der Waals surface area contributed by atoms with Crippen molar-refractivity contribution in [3.63, 3.8) is 0 Å². The highest BCUT2D eigenvalue weighted by atomic mass is 35.6. The van der Waals surface area contributed by atoms with E-state index in [-0.39, 0.29) is 37.4 Å². The van der Waals surface area contributed by atoms with Gasteiger partial charge in [-0.2, -0.15) is 0 Å². The zero-order chi connectivity index (χ0) is 16.9. The number of carbonyl (C=O) groups excluding carboxylic acids is 1. The van der Waals surface area contributed by atoms with Crippen LogP contribution in [0.4, 0.5) is 20.2 Å². The molecule has 22 heavy (non-hydrogen) atoms. The molecule has 0 aliphatic carbocycles. The van der Waals surface area contributed by atoms with Crippen LogP contribution in [0, 0.1) is 21.7 Å². The lowest BCUT2D eigenvalue weighted by atomic mass is 10.1. The summed E-state index contributed by atoms with van der Waals surface area (Å²) in [4.78, 5) is 22.0. The van der Waals surface area contributed by atoms with Gasteiger partial charge in [-0.15, -0.1) is 0 Å². The van der Waals surface area contributed by atoms with Gasteiger partial charge in [-0.1, -0.05) is 34.8 Å². The first kappa shape index (κ1) is 18.9. The maximum Gasteiger partial charge on any atom is 0.275 e. The molecular formula is C12H11Cl3F2N2O3. The Kier molecular flexibility index (Phi) is 7.25. The van der Waals surface area contributed by atoms with Crippen molar-refractivity contribution in [3.05, 3.63) is 33.9 Å². The summed E-state index contributed by atoms with van der Waals surface area (Å²) in [6.07, 6.45) is 0.464. The number of hydrogen-bond donors (Lipinski definition) is 0. The number of piperidine rings is 1. The Labute approximate surface area is 139 Å². The Morgan fingerprint density at radius 1 is 1.14 bits per heavy atom. The highest BCUT2D eigenvalue weighted by molar-refractivity contribution is 6.63. The molecular weight excluding hydrogens is 364 g/mol. The average molecular weight is 376 g/mol. The lowest BCUT2D eigenvalue weighted by Gasteiger charge is -2.28. The van der Waals surface area contributed by atoms with Crippen LogP contribution in [-0.2, 0) is 4.79 Å². The van der Waals surface area contributed by atoms with Gasteiger partial charge in [0.25, 0.3) is 5.69 Å². The third-order valence-corrected chi connectivity index (χ3v) is 2.85. The van der Waals surface area contributed by atoms with Crippen molar-refractivity contribution in [2.75, 3.05) is 18.0 Å². The topological polar surface area (TPSA) is 63.5 Å². The zero-order valence-corrected chi connectivity index (χ0v) is 13.3. The summed E-state index contributed by atoms with van der Waals surface area (Å²) in [5, 5.41) is 10.4. The van der Waals surface area contributed by atoms with Crippen molar-refractivity contribution >= 4 is 52.0 Å². The fourth-order valence-corrected chi connectivity index (χ4v) is 1.94. The summed E-state index contributed by atoms with van der Waals surface area (Å²) in [5.41, 5.74) is -0.921. The minimum absolute atomic E-state index is 0.0500. The number of rotatable bonds is 2. The number of carbonyl (C=O) groups is 1. The number of alkyl halides is 3. The van der Waals surface area contributed by atoms with Gasteiger partial charge >= 0.3 is 0 Å². The maximum absolute atomic E-state index is 13.7. The first-order valence-corrected chi connectivity index (χ1v) is 7.35. The highest BCUT2D eigenvalue weighted by Gasteiger charge is 2.24. The summed E-state index contributed by atoms with van der Waals surface area (Å²) in [7, 11) is 0. The van der Waals surface area contributed by atoms with Crippen molar-refractivity contribution in [2.24, 2.45) is 0 Å². The van der Waals surface area contributed by atoms with E-state index in [1.165, 1.54) is 4.90 Å². The average Bonchev–Trinajstić information content (AvgIpc) is 2.39. The molecule has 1 saturated heterocycles. The van der Waals surface area contributed by atoms with Crippen molar-refractivity contribution in [1.82, 2.24) is 0 Å². The molecule has 1 aromatic rings. The largest absolute Gasteiger partial charge is 0.366 e. The van der Waals surface area contributed by atoms with E-state index in [1.54, 1.807) is 0 Å². The number of anilines is 1. The van der Waals surface area contributed by atoms with Gasteiger partial charge in [0.05, 0.1) is 17.1 Å². The number of nitro groups is 1. The number of nitrogens with zero attached hydrogens (tertiary/aromatic N) is 2. The van der Waals surface area contributed by atoms with Crippen LogP contribution >= 0.6 is 34.8 Å². The third kappa shape index (κ3) is 5.55. The molecule has 0 amide bonds. The summed E-state index contributed by atoms with van der Waals surface area (Å²) >= 11 is 14.4.